The Labute approximate surface area is 120 Å². The lowest BCUT2D eigenvalue weighted by atomic mass is 10.2. The Hall–Kier alpha value is -2.16. The first-order chi connectivity index (χ1) is 9.79. The Morgan fingerprint density at radius 1 is 1.33 bits per heavy atom. The van der Waals surface area contributed by atoms with Gasteiger partial charge in [0.15, 0.2) is 9.84 Å². The van der Waals surface area contributed by atoms with Gasteiger partial charge in [0.1, 0.15) is 11.9 Å². The first-order valence-electron chi connectivity index (χ1n) is 6.14. The highest BCUT2D eigenvalue weighted by molar-refractivity contribution is 7.92. The molecule has 9 heteroatoms. The zero-order chi connectivity index (χ0) is 15.6. The number of hydrogen-bond donors (Lipinski definition) is 0. The Bertz CT molecular complexity index is 653. The molecule has 1 aliphatic heterocycles. The van der Waals surface area contributed by atoms with Gasteiger partial charge in [0.25, 0.3) is 5.69 Å². The van der Waals surface area contributed by atoms with E-state index in [1.54, 1.807) is 0 Å². The summed E-state index contributed by atoms with van der Waals surface area (Å²) in [5.74, 6) is 0.0583. The second kappa shape index (κ2) is 5.68. The van der Waals surface area contributed by atoms with Crippen LogP contribution in [0.1, 0.15) is 13.3 Å². The molecule has 0 spiro atoms. The second-order valence-corrected chi connectivity index (χ2v) is 7.10. The van der Waals surface area contributed by atoms with Crippen molar-refractivity contribution in [1.29, 1.82) is 0 Å². The number of rotatable bonds is 3. The minimum absolute atomic E-state index is 0.0242. The Morgan fingerprint density at radius 2 is 1.95 bits per heavy atom. The molecule has 0 radical (unpaired) electrons. The zero-order valence-corrected chi connectivity index (χ0v) is 11.9. The molecule has 2 atom stereocenters. The number of carbonyl (C=O) groups excluding carboxylic acids is 1. The summed E-state index contributed by atoms with van der Waals surface area (Å²) in [6.45, 7) is 1.48. The Morgan fingerprint density at radius 3 is 2.43 bits per heavy atom. The minimum Gasteiger partial charge on any atom is -0.429 e. The van der Waals surface area contributed by atoms with Gasteiger partial charge in [-0.25, -0.2) is 13.2 Å². The topological polar surface area (TPSA) is 113 Å². The molecular weight excluding hydrogens is 302 g/mol. The van der Waals surface area contributed by atoms with Gasteiger partial charge in [0.2, 0.25) is 0 Å². The summed E-state index contributed by atoms with van der Waals surface area (Å²) in [4.78, 5) is 21.5. The molecule has 8 nitrogen and oxygen atoms in total. The summed E-state index contributed by atoms with van der Waals surface area (Å²) in [5.41, 5.74) is -0.133. The molecule has 0 N–H and O–H groups in total. The van der Waals surface area contributed by atoms with Crippen LogP contribution in [0.25, 0.3) is 0 Å². The Kier molecular flexibility index (Phi) is 4.12. The van der Waals surface area contributed by atoms with Crippen molar-refractivity contribution in [3.63, 3.8) is 0 Å². The largest absolute Gasteiger partial charge is 0.514 e. The monoisotopic (exact) mass is 315 g/mol. The lowest BCUT2D eigenvalue weighted by molar-refractivity contribution is -0.384. The average Bonchev–Trinajstić information content (AvgIpc) is 2.66. The summed E-state index contributed by atoms with van der Waals surface area (Å²) in [7, 11) is -3.22. The highest BCUT2D eigenvalue weighted by Gasteiger charge is 2.39. The minimum atomic E-state index is -3.22. The fourth-order valence-electron chi connectivity index (χ4n) is 1.97. The first kappa shape index (κ1) is 15.2. The van der Waals surface area contributed by atoms with E-state index in [1.807, 2.05) is 0 Å². The molecule has 1 saturated heterocycles. The summed E-state index contributed by atoms with van der Waals surface area (Å²) in [6, 6.07) is 4.89. The smallest absolute Gasteiger partial charge is 0.429 e. The van der Waals surface area contributed by atoms with Crippen molar-refractivity contribution in [2.24, 2.45) is 0 Å². The maximum absolute atomic E-state index is 11.6. The summed E-state index contributed by atoms with van der Waals surface area (Å²) in [6.07, 6.45) is -1.53. The van der Waals surface area contributed by atoms with Crippen molar-refractivity contribution >= 4 is 21.7 Å². The van der Waals surface area contributed by atoms with Crippen molar-refractivity contribution in [2.75, 3.05) is 5.75 Å². The number of sulfone groups is 1. The zero-order valence-electron chi connectivity index (χ0n) is 11.1. The van der Waals surface area contributed by atoms with Crippen LogP contribution in [0.5, 0.6) is 5.75 Å². The average molecular weight is 315 g/mol. The second-order valence-electron chi connectivity index (χ2n) is 4.62. The van der Waals surface area contributed by atoms with Gasteiger partial charge in [0, 0.05) is 12.1 Å². The first-order valence-corrected chi connectivity index (χ1v) is 7.85. The number of nitrogens with zero attached hydrogens (tertiary/aromatic N) is 1. The third-order valence-electron chi connectivity index (χ3n) is 3.27. The molecule has 21 heavy (non-hydrogen) atoms. The SMILES string of the molecule is CC1C(OC(=O)Oc2ccc([N+](=O)[O-])cc2)CCS1(=O)=O. The lowest BCUT2D eigenvalue weighted by Crippen LogP contribution is -2.29. The number of benzene rings is 1. The maximum Gasteiger partial charge on any atom is 0.514 e. The Balaban J connectivity index is 1.95. The molecule has 2 unspecified atom stereocenters. The number of nitro benzene ring substituents is 1. The molecule has 0 aliphatic carbocycles. The van der Waals surface area contributed by atoms with E-state index >= 15 is 0 Å². The van der Waals surface area contributed by atoms with Crippen LogP contribution in [0.2, 0.25) is 0 Å². The predicted molar refractivity (Wildman–Crippen MR) is 71.9 cm³/mol. The van der Waals surface area contributed by atoms with E-state index in [0.29, 0.717) is 0 Å². The number of ether oxygens (including phenoxy) is 2. The van der Waals surface area contributed by atoms with Crippen molar-refractivity contribution in [1.82, 2.24) is 0 Å². The number of nitro groups is 1. The van der Waals surface area contributed by atoms with Crippen LogP contribution in [-0.4, -0.2) is 36.6 Å². The van der Waals surface area contributed by atoms with E-state index < -0.39 is 32.3 Å². The van der Waals surface area contributed by atoms with Crippen LogP contribution in [-0.2, 0) is 14.6 Å². The predicted octanol–water partition coefficient (Wildman–Crippen LogP) is 1.69. The van der Waals surface area contributed by atoms with Gasteiger partial charge in [-0.15, -0.1) is 0 Å². The van der Waals surface area contributed by atoms with Crippen LogP contribution >= 0.6 is 0 Å². The van der Waals surface area contributed by atoms with E-state index in [9.17, 15) is 23.3 Å². The van der Waals surface area contributed by atoms with Gasteiger partial charge in [-0.2, -0.15) is 0 Å². The number of carbonyl (C=O) groups is 1. The van der Waals surface area contributed by atoms with Gasteiger partial charge in [-0.3, -0.25) is 10.1 Å². The summed E-state index contributed by atoms with van der Waals surface area (Å²) < 4.78 is 32.8. The maximum atomic E-state index is 11.6. The van der Waals surface area contributed by atoms with Crippen LogP contribution in [0.3, 0.4) is 0 Å². The van der Waals surface area contributed by atoms with Gasteiger partial charge >= 0.3 is 6.16 Å². The molecule has 0 saturated carbocycles. The van der Waals surface area contributed by atoms with E-state index in [0.717, 1.165) is 0 Å². The highest BCUT2D eigenvalue weighted by atomic mass is 32.2. The van der Waals surface area contributed by atoms with E-state index in [-0.39, 0.29) is 23.6 Å². The van der Waals surface area contributed by atoms with E-state index in [1.165, 1.54) is 31.2 Å². The summed E-state index contributed by atoms with van der Waals surface area (Å²) in [5, 5.41) is 9.72. The normalized spacial score (nSPS) is 23.5. The van der Waals surface area contributed by atoms with Crippen molar-refractivity contribution < 1.29 is 27.6 Å². The van der Waals surface area contributed by atoms with Gasteiger partial charge in [-0.1, -0.05) is 0 Å². The molecular formula is C12H13NO7S. The van der Waals surface area contributed by atoms with Crippen molar-refractivity contribution in [3.8, 4) is 5.75 Å². The molecule has 0 amide bonds. The third kappa shape index (κ3) is 3.48. The van der Waals surface area contributed by atoms with E-state index in [2.05, 4.69) is 0 Å². The van der Waals surface area contributed by atoms with Crippen LogP contribution in [0, 0.1) is 10.1 Å². The third-order valence-corrected chi connectivity index (χ3v) is 5.51. The molecule has 2 rings (SSSR count). The molecule has 1 heterocycles. The highest BCUT2D eigenvalue weighted by Crippen LogP contribution is 2.24. The number of hydrogen-bond acceptors (Lipinski definition) is 7. The molecule has 1 aromatic rings. The van der Waals surface area contributed by atoms with Gasteiger partial charge < -0.3 is 9.47 Å². The van der Waals surface area contributed by atoms with E-state index in [4.69, 9.17) is 9.47 Å². The molecule has 0 aromatic heterocycles. The van der Waals surface area contributed by atoms with Crippen LogP contribution in [0.15, 0.2) is 24.3 Å². The molecule has 114 valence electrons. The molecule has 0 bridgehead atoms. The van der Waals surface area contributed by atoms with Crippen molar-refractivity contribution in [3.05, 3.63) is 34.4 Å². The van der Waals surface area contributed by atoms with Crippen LogP contribution < -0.4 is 4.74 Å². The number of non-ortho nitro benzene ring substituents is 1. The fraction of sp³-hybridized carbons (Fsp3) is 0.417. The standard InChI is InChI=1S/C12H13NO7S/c1-8-11(6-7-21(8,17)18)20-12(14)19-10-4-2-9(3-5-10)13(15)16/h2-5,8,11H,6-7H2,1H3. The fourth-order valence-corrected chi connectivity index (χ4v) is 3.55. The molecule has 1 aliphatic rings. The summed E-state index contributed by atoms with van der Waals surface area (Å²) >= 11 is 0. The lowest BCUT2D eigenvalue weighted by Gasteiger charge is -2.14. The van der Waals surface area contributed by atoms with Gasteiger partial charge in [0.05, 0.1) is 15.9 Å². The van der Waals surface area contributed by atoms with Gasteiger partial charge in [-0.05, 0) is 25.5 Å². The molecule has 1 aromatic carbocycles. The quantitative estimate of drug-likeness (QED) is 0.361. The molecule has 1 fully saturated rings. The van der Waals surface area contributed by atoms with Crippen molar-refractivity contribution in [2.45, 2.75) is 24.7 Å². The van der Waals surface area contributed by atoms with Crippen LogP contribution in [0.4, 0.5) is 10.5 Å².